The lowest BCUT2D eigenvalue weighted by Gasteiger charge is -2.33. The van der Waals surface area contributed by atoms with Crippen molar-refractivity contribution in [2.75, 3.05) is 20.1 Å². The van der Waals surface area contributed by atoms with E-state index in [0.29, 0.717) is 16.7 Å². The normalized spacial score (nSPS) is 15.6. The molecule has 1 saturated heterocycles. The molecule has 0 aromatic heterocycles. The van der Waals surface area contributed by atoms with Gasteiger partial charge in [-0.05, 0) is 86.1 Å². The minimum atomic E-state index is -1.51. The SMILES string of the molecule is CC(C)CC(C(=O)NC(Cc1ccccc1)C(=O)NC(CCC(N)=O)C(=O)N1CCCC1C(=O)NC(CCC(N)=O)C(=O)NC(CCCN=C(N)N)C(=O)NC(Cc1ccccc1)C(N)=O)N(C)C(=O)C(N)Cc1ccc(O)cc1. The molecule has 0 bridgehead atoms. The zero-order valence-corrected chi connectivity index (χ0v) is 45.5. The summed E-state index contributed by atoms with van der Waals surface area (Å²) >= 11 is 0. The number of aliphatic imine (C=N–C) groups is 1. The van der Waals surface area contributed by atoms with Crippen molar-refractivity contribution in [2.45, 2.75) is 139 Å². The summed E-state index contributed by atoms with van der Waals surface area (Å²) in [4.78, 5) is 143. The summed E-state index contributed by atoms with van der Waals surface area (Å²) in [6.07, 6.45) is -0.736. The minimum Gasteiger partial charge on any atom is -0.508 e. The van der Waals surface area contributed by atoms with Gasteiger partial charge in [-0.1, -0.05) is 86.6 Å². The highest BCUT2D eigenvalue weighted by Gasteiger charge is 2.41. The van der Waals surface area contributed by atoms with Crippen LogP contribution in [0.2, 0.25) is 0 Å². The maximum absolute atomic E-state index is 14.7. The monoisotopic (exact) mass is 1110 g/mol. The fourth-order valence-electron chi connectivity index (χ4n) is 9.14. The van der Waals surface area contributed by atoms with Gasteiger partial charge < -0.3 is 75.9 Å². The van der Waals surface area contributed by atoms with Gasteiger partial charge >= 0.3 is 0 Å². The summed E-state index contributed by atoms with van der Waals surface area (Å²) in [5, 5.41) is 23.0. The molecule has 25 heteroatoms. The summed E-state index contributed by atoms with van der Waals surface area (Å²) in [7, 11) is 1.44. The Morgan fingerprint density at radius 1 is 0.625 bits per heavy atom. The van der Waals surface area contributed by atoms with Gasteiger partial charge in [0.25, 0.3) is 0 Å². The van der Waals surface area contributed by atoms with Gasteiger partial charge in [-0.2, -0.15) is 0 Å². The third-order valence-corrected chi connectivity index (χ3v) is 13.4. The molecule has 10 amide bonds. The topological polar surface area (TPSA) is 426 Å². The average molecular weight is 1110 g/mol. The van der Waals surface area contributed by atoms with E-state index in [-0.39, 0.29) is 101 Å². The van der Waals surface area contributed by atoms with Crippen LogP contribution in [0.4, 0.5) is 0 Å². The van der Waals surface area contributed by atoms with Gasteiger partial charge in [-0.15, -0.1) is 0 Å². The summed E-state index contributed by atoms with van der Waals surface area (Å²) in [5.74, 6) is -8.19. The largest absolute Gasteiger partial charge is 0.508 e. The highest BCUT2D eigenvalue weighted by atomic mass is 16.3. The van der Waals surface area contributed by atoms with Crippen LogP contribution < -0.4 is 61.0 Å². The first kappa shape index (κ1) is 63.9. The van der Waals surface area contributed by atoms with Crippen molar-refractivity contribution in [3.8, 4) is 5.75 Å². The number of likely N-dealkylation sites (N-methyl/N-ethyl adjacent to an activating group) is 1. The highest BCUT2D eigenvalue weighted by Crippen LogP contribution is 2.22. The van der Waals surface area contributed by atoms with E-state index in [9.17, 15) is 53.1 Å². The van der Waals surface area contributed by atoms with E-state index in [2.05, 4.69) is 31.6 Å². The molecule has 4 rings (SSSR count). The second kappa shape index (κ2) is 31.7. The summed E-state index contributed by atoms with van der Waals surface area (Å²) in [6.45, 7) is 3.76. The molecule has 0 saturated carbocycles. The van der Waals surface area contributed by atoms with Crippen LogP contribution in [0.15, 0.2) is 89.9 Å². The Labute approximate surface area is 465 Å². The maximum atomic E-state index is 14.7. The Bertz CT molecular complexity index is 2640. The number of nitrogens with two attached hydrogens (primary N) is 6. The van der Waals surface area contributed by atoms with Crippen molar-refractivity contribution in [3.05, 3.63) is 102 Å². The molecule has 1 heterocycles. The minimum absolute atomic E-state index is 0.00360. The fourth-order valence-corrected chi connectivity index (χ4v) is 9.14. The number of rotatable bonds is 32. The Balaban J connectivity index is 1.58. The number of aromatic hydroxyl groups is 1. The number of hydrogen-bond donors (Lipinski definition) is 12. The first-order valence-electron chi connectivity index (χ1n) is 26.6. The molecule has 434 valence electrons. The summed E-state index contributed by atoms with van der Waals surface area (Å²) in [5.41, 5.74) is 36.0. The highest BCUT2D eigenvalue weighted by molar-refractivity contribution is 5.98. The van der Waals surface area contributed by atoms with Crippen molar-refractivity contribution in [1.29, 1.82) is 0 Å². The summed E-state index contributed by atoms with van der Waals surface area (Å²) < 4.78 is 0. The van der Waals surface area contributed by atoms with Crippen molar-refractivity contribution in [2.24, 2.45) is 45.3 Å². The second-order valence-corrected chi connectivity index (χ2v) is 20.3. The van der Waals surface area contributed by atoms with E-state index < -0.39 is 114 Å². The Hall–Kier alpha value is -8.61. The van der Waals surface area contributed by atoms with E-state index >= 15 is 0 Å². The predicted molar refractivity (Wildman–Crippen MR) is 296 cm³/mol. The number of nitrogens with one attached hydrogen (secondary N) is 5. The van der Waals surface area contributed by atoms with Crippen molar-refractivity contribution >= 4 is 65.0 Å². The van der Waals surface area contributed by atoms with Crippen LogP contribution in [-0.2, 0) is 67.2 Å². The van der Waals surface area contributed by atoms with Crippen molar-refractivity contribution in [3.63, 3.8) is 0 Å². The zero-order valence-electron chi connectivity index (χ0n) is 45.5. The quantitative estimate of drug-likeness (QED) is 0.0185. The number of amides is 10. The van der Waals surface area contributed by atoms with E-state index in [4.69, 9.17) is 34.4 Å². The number of phenols is 1. The molecule has 8 atom stereocenters. The van der Waals surface area contributed by atoms with Crippen molar-refractivity contribution < 1.29 is 53.1 Å². The Kier molecular flexibility index (Phi) is 25.3. The van der Waals surface area contributed by atoms with E-state index in [1.54, 1.807) is 72.8 Å². The summed E-state index contributed by atoms with van der Waals surface area (Å²) in [6, 6.07) is 13.3. The predicted octanol–water partition coefficient (Wildman–Crippen LogP) is -1.89. The maximum Gasteiger partial charge on any atom is 0.245 e. The molecule has 1 aliphatic heterocycles. The number of carbonyl (C=O) groups excluding carboxylic acids is 10. The number of benzene rings is 3. The fraction of sp³-hybridized carbons (Fsp3) is 0.473. The van der Waals surface area contributed by atoms with E-state index in [1.807, 2.05) is 13.8 Å². The molecule has 80 heavy (non-hydrogen) atoms. The molecule has 0 radical (unpaired) electrons. The molecule has 1 aliphatic rings. The van der Waals surface area contributed by atoms with Crippen LogP contribution in [0.5, 0.6) is 5.75 Å². The molecule has 0 spiro atoms. The molecule has 0 aliphatic carbocycles. The number of likely N-dealkylation sites (tertiary alicyclic amines) is 1. The van der Waals surface area contributed by atoms with Gasteiger partial charge in [0, 0.05) is 45.8 Å². The number of nitrogens with zero attached hydrogens (tertiary/aromatic N) is 3. The van der Waals surface area contributed by atoms with E-state index in [0.717, 1.165) is 0 Å². The van der Waals surface area contributed by atoms with Crippen LogP contribution >= 0.6 is 0 Å². The van der Waals surface area contributed by atoms with E-state index in [1.165, 1.54) is 29.0 Å². The first-order valence-corrected chi connectivity index (χ1v) is 26.6. The van der Waals surface area contributed by atoms with Crippen LogP contribution in [0.3, 0.4) is 0 Å². The van der Waals surface area contributed by atoms with Crippen LogP contribution in [0, 0.1) is 5.92 Å². The van der Waals surface area contributed by atoms with Gasteiger partial charge in [0.1, 0.15) is 48.0 Å². The standard InChI is InChI=1S/C55H78N14O11/c1-32(2)28-44(68(3)53(79)37(56)29-35-18-20-36(70)21-19-35)52(78)67-42(31-34-14-8-5-9-15-34)50(76)65-40(23-25-46(58)72)54(80)69-27-11-17-43(69)51(77)64-39(22-24-45(57)71)49(75)63-38(16-10-26-62-55(60)61)48(74)66-41(47(59)73)30-33-12-6-4-7-13-33/h4-9,12-15,18-21,32,37-44,70H,10-11,16-17,22-31,56H2,1-3H3,(H2,57,71)(H2,58,72)(H2,59,73)(H,63,75)(H,64,77)(H,65,76)(H,66,74)(H,67,78)(H4,60,61,62). The Morgan fingerprint density at radius 3 is 1.65 bits per heavy atom. The molecule has 1 fully saturated rings. The number of guanidine groups is 1. The first-order chi connectivity index (χ1) is 37.9. The molecule has 3 aromatic rings. The number of hydrogen-bond acceptors (Lipinski definition) is 13. The lowest BCUT2D eigenvalue weighted by atomic mass is 9.98. The van der Waals surface area contributed by atoms with Gasteiger partial charge in [-0.3, -0.25) is 52.9 Å². The van der Waals surface area contributed by atoms with Crippen LogP contribution in [-0.4, -0.2) is 148 Å². The lowest BCUT2D eigenvalue weighted by molar-refractivity contribution is -0.143. The second-order valence-electron chi connectivity index (χ2n) is 20.3. The average Bonchev–Trinajstić information content (AvgIpc) is 3.91. The molecular formula is C55H78N14O11. The van der Waals surface area contributed by atoms with Gasteiger partial charge in [0.15, 0.2) is 5.96 Å². The van der Waals surface area contributed by atoms with Gasteiger partial charge in [0.05, 0.1) is 6.04 Å². The molecule has 18 N–H and O–H groups in total. The van der Waals surface area contributed by atoms with Crippen molar-refractivity contribution in [1.82, 2.24) is 36.4 Å². The van der Waals surface area contributed by atoms with Gasteiger partial charge in [-0.25, -0.2) is 0 Å². The number of phenolic OH excluding ortho intramolecular Hbond substituents is 1. The molecule has 8 unspecified atom stereocenters. The smallest absolute Gasteiger partial charge is 0.245 e. The number of primary amides is 3. The van der Waals surface area contributed by atoms with Gasteiger partial charge in [0.2, 0.25) is 59.1 Å². The van der Waals surface area contributed by atoms with Crippen LogP contribution in [0.1, 0.15) is 88.3 Å². The molecular weight excluding hydrogens is 1030 g/mol. The zero-order chi connectivity index (χ0) is 59.1. The molecule has 25 nitrogen and oxygen atoms in total. The lowest BCUT2D eigenvalue weighted by Crippen LogP contribution is -2.60. The third kappa shape index (κ3) is 21.0. The number of carbonyl (C=O) groups is 10. The van der Waals surface area contributed by atoms with Crippen LogP contribution in [0.25, 0.3) is 0 Å². The third-order valence-electron chi connectivity index (χ3n) is 13.4. The Morgan fingerprint density at radius 2 is 1.11 bits per heavy atom. The molecule has 3 aromatic carbocycles.